The molecule has 0 N–H and O–H groups in total. The van der Waals surface area contributed by atoms with Gasteiger partial charge in [0.05, 0.1) is 20.9 Å². The van der Waals surface area contributed by atoms with Gasteiger partial charge in [-0.25, -0.2) is 16.8 Å². The van der Waals surface area contributed by atoms with Crippen molar-refractivity contribution >= 4 is 60.4 Å². The highest BCUT2D eigenvalue weighted by atomic mass is 35.5. The maximum Gasteiger partial charge on any atom is 0.264 e. The molecule has 2 aromatic carbocycles. The zero-order chi connectivity index (χ0) is 25.8. The number of benzene rings is 2. The first-order valence-electron chi connectivity index (χ1n) is 11.6. The summed E-state index contributed by atoms with van der Waals surface area (Å²) in [4.78, 5) is 2.31. The molecule has 1 aliphatic rings. The van der Waals surface area contributed by atoms with Gasteiger partial charge in [0, 0.05) is 28.9 Å². The standard InChI is InChI=1S/C24H31Cl3N2O4S2/c1-18(6-3-4-14-28-15-5-7-22(17-28)34(2,30)31)29(24-16-20(26)10-13-23(24)27)35(32,33)21-11-8-19(25)9-12-21/h8-13,16,18,22H,3-7,14-15,17H2,1-2H3/t18?,22-/m1/s1. The van der Waals surface area contributed by atoms with E-state index in [4.69, 9.17) is 34.8 Å². The molecule has 1 aliphatic heterocycles. The Balaban J connectivity index is 1.73. The minimum Gasteiger partial charge on any atom is -0.302 e. The van der Waals surface area contributed by atoms with Crippen LogP contribution in [0.1, 0.15) is 39.0 Å². The predicted molar refractivity (Wildman–Crippen MR) is 145 cm³/mol. The predicted octanol–water partition coefficient (Wildman–Crippen LogP) is 5.91. The van der Waals surface area contributed by atoms with E-state index in [1.807, 2.05) is 6.92 Å². The Morgan fingerprint density at radius 1 is 1.00 bits per heavy atom. The van der Waals surface area contributed by atoms with Crippen molar-refractivity contribution in [3.8, 4) is 0 Å². The third-order valence-electron chi connectivity index (χ3n) is 6.33. The number of unbranched alkanes of at least 4 members (excludes halogenated alkanes) is 1. The number of rotatable bonds is 10. The molecule has 194 valence electrons. The van der Waals surface area contributed by atoms with Crippen molar-refractivity contribution in [2.24, 2.45) is 0 Å². The van der Waals surface area contributed by atoms with Gasteiger partial charge in [0.2, 0.25) is 0 Å². The second-order valence-corrected chi connectivity index (χ2v) is 14.5. The first-order valence-corrected chi connectivity index (χ1v) is 16.1. The topological polar surface area (TPSA) is 74.8 Å². The second kappa shape index (κ2) is 12.0. The molecule has 1 heterocycles. The maximum absolute atomic E-state index is 13.7. The van der Waals surface area contributed by atoms with Crippen LogP contribution in [0.3, 0.4) is 0 Å². The number of sulfonamides is 1. The number of hydrogen-bond acceptors (Lipinski definition) is 5. The maximum atomic E-state index is 13.7. The molecule has 3 rings (SSSR count). The van der Waals surface area contributed by atoms with Crippen LogP contribution < -0.4 is 4.31 Å². The molecule has 1 saturated heterocycles. The van der Waals surface area contributed by atoms with E-state index in [0.717, 1.165) is 32.4 Å². The van der Waals surface area contributed by atoms with Crippen molar-refractivity contribution < 1.29 is 16.8 Å². The summed E-state index contributed by atoms with van der Waals surface area (Å²) < 4.78 is 52.5. The molecule has 0 aromatic heterocycles. The number of piperidine rings is 1. The van der Waals surface area contributed by atoms with Crippen molar-refractivity contribution in [1.82, 2.24) is 4.90 Å². The lowest BCUT2D eigenvalue weighted by molar-refractivity contribution is 0.225. The van der Waals surface area contributed by atoms with E-state index < -0.39 is 25.9 Å². The third-order valence-corrected chi connectivity index (χ3v) is 10.7. The molecule has 0 radical (unpaired) electrons. The van der Waals surface area contributed by atoms with E-state index in [1.165, 1.54) is 22.7 Å². The number of halogens is 3. The Hall–Kier alpha value is -1.03. The zero-order valence-electron chi connectivity index (χ0n) is 19.8. The third kappa shape index (κ3) is 7.49. The summed E-state index contributed by atoms with van der Waals surface area (Å²) in [6, 6.07) is 10.4. The first-order chi connectivity index (χ1) is 16.4. The molecule has 6 nitrogen and oxygen atoms in total. The van der Waals surface area contributed by atoms with Gasteiger partial charge in [-0.1, -0.05) is 41.2 Å². The average molecular weight is 582 g/mol. The van der Waals surface area contributed by atoms with Gasteiger partial charge in [-0.2, -0.15) is 0 Å². The molecule has 0 aliphatic carbocycles. The van der Waals surface area contributed by atoms with Gasteiger partial charge in [-0.15, -0.1) is 0 Å². The number of likely N-dealkylation sites (tertiary alicyclic amines) is 1. The van der Waals surface area contributed by atoms with Crippen LogP contribution in [0, 0.1) is 0 Å². The number of sulfone groups is 1. The van der Waals surface area contributed by atoms with Gasteiger partial charge < -0.3 is 4.90 Å². The molecular weight excluding hydrogens is 551 g/mol. The van der Waals surface area contributed by atoms with E-state index in [1.54, 1.807) is 30.3 Å². The Morgan fingerprint density at radius 3 is 2.31 bits per heavy atom. The Bertz CT molecular complexity index is 1220. The van der Waals surface area contributed by atoms with E-state index in [2.05, 4.69) is 4.90 Å². The normalized spacial score (nSPS) is 18.4. The lowest BCUT2D eigenvalue weighted by Gasteiger charge is -2.33. The molecule has 0 spiro atoms. The van der Waals surface area contributed by atoms with Crippen LogP contribution in [0.5, 0.6) is 0 Å². The molecule has 1 fully saturated rings. The Labute approximate surface area is 224 Å². The van der Waals surface area contributed by atoms with Gasteiger partial charge in [-0.05, 0) is 88.2 Å². The van der Waals surface area contributed by atoms with Crippen molar-refractivity contribution in [3.63, 3.8) is 0 Å². The fourth-order valence-corrected chi connectivity index (χ4v) is 7.76. The highest BCUT2D eigenvalue weighted by Crippen LogP contribution is 2.35. The largest absolute Gasteiger partial charge is 0.302 e. The quantitative estimate of drug-likeness (QED) is 0.326. The molecular formula is C24H31Cl3N2O4S2. The number of anilines is 1. The van der Waals surface area contributed by atoms with Crippen LogP contribution in [0.2, 0.25) is 15.1 Å². The van der Waals surface area contributed by atoms with E-state index in [0.29, 0.717) is 40.1 Å². The average Bonchev–Trinajstić information content (AvgIpc) is 2.79. The Kier molecular flexibility index (Phi) is 9.79. The molecule has 0 bridgehead atoms. The summed E-state index contributed by atoms with van der Waals surface area (Å²) in [5.74, 6) is 0. The molecule has 35 heavy (non-hydrogen) atoms. The first kappa shape index (κ1) is 28.5. The van der Waals surface area contributed by atoms with E-state index >= 15 is 0 Å². The van der Waals surface area contributed by atoms with Gasteiger partial charge in [-0.3, -0.25) is 4.31 Å². The summed E-state index contributed by atoms with van der Waals surface area (Å²) in [5, 5.41) is 0.817. The lowest BCUT2D eigenvalue weighted by atomic mass is 10.1. The zero-order valence-corrected chi connectivity index (χ0v) is 23.7. The van der Waals surface area contributed by atoms with Crippen LogP contribution in [-0.2, 0) is 19.9 Å². The van der Waals surface area contributed by atoms with Crippen molar-refractivity contribution in [2.75, 3.05) is 30.2 Å². The molecule has 2 aromatic rings. The minimum absolute atomic E-state index is 0.116. The van der Waals surface area contributed by atoms with Crippen LogP contribution in [0.15, 0.2) is 47.4 Å². The fourth-order valence-electron chi connectivity index (χ4n) is 4.44. The van der Waals surface area contributed by atoms with Crippen LogP contribution in [0.4, 0.5) is 5.69 Å². The highest BCUT2D eigenvalue weighted by molar-refractivity contribution is 7.93. The monoisotopic (exact) mass is 580 g/mol. The van der Waals surface area contributed by atoms with Crippen molar-refractivity contribution in [1.29, 1.82) is 0 Å². The van der Waals surface area contributed by atoms with Crippen LogP contribution in [0.25, 0.3) is 0 Å². The number of hydrogen-bond donors (Lipinski definition) is 0. The molecule has 2 atom stereocenters. The highest BCUT2D eigenvalue weighted by Gasteiger charge is 2.31. The van der Waals surface area contributed by atoms with Crippen molar-refractivity contribution in [2.45, 2.75) is 55.2 Å². The van der Waals surface area contributed by atoms with E-state index in [9.17, 15) is 16.8 Å². The second-order valence-electron chi connectivity index (χ2n) is 9.09. The van der Waals surface area contributed by atoms with Gasteiger partial charge in [0.25, 0.3) is 10.0 Å². The number of nitrogens with zero attached hydrogens (tertiary/aromatic N) is 2. The molecule has 11 heteroatoms. The summed E-state index contributed by atoms with van der Waals surface area (Å²) in [6.07, 6.45) is 5.09. The summed E-state index contributed by atoms with van der Waals surface area (Å²) >= 11 is 18.6. The smallest absolute Gasteiger partial charge is 0.264 e. The summed E-state index contributed by atoms with van der Waals surface area (Å²) in [6.45, 7) is 4.08. The fraction of sp³-hybridized carbons (Fsp3) is 0.500. The van der Waals surface area contributed by atoms with Crippen LogP contribution >= 0.6 is 34.8 Å². The molecule has 1 unspecified atom stereocenters. The van der Waals surface area contributed by atoms with Crippen LogP contribution in [-0.4, -0.2) is 58.9 Å². The van der Waals surface area contributed by atoms with Gasteiger partial charge in [0.15, 0.2) is 9.84 Å². The van der Waals surface area contributed by atoms with E-state index in [-0.39, 0.29) is 10.1 Å². The SMILES string of the molecule is CC(CCCCN1CCC[C@@H](S(C)(=O)=O)C1)N(c1cc(Cl)ccc1Cl)S(=O)(=O)c1ccc(Cl)cc1. The van der Waals surface area contributed by atoms with Crippen molar-refractivity contribution in [3.05, 3.63) is 57.5 Å². The van der Waals surface area contributed by atoms with Gasteiger partial charge in [0.1, 0.15) is 0 Å². The molecule has 0 saturated carbocycles. The Morgan fingerprint density at radius 2 is 1.66 bits per heavy atom. The van der Waals surface area contributed by atoms with Gasteiger partial charge >= 0.3 is 0 Å². The minimum atomic E-state index is -3.94. The molecule has 0 amide bonds. The summed E-state index contributed by atoms with van der Waals surface area (Å²) in [5.41, 5.74) is 0.327. The lowest BCUT2D eigenvalue weighted by Crippen LogP contribution is -2.42. The summed E-state index contributed by atoms with van der Waals surface area (Å²) in [7, 11) is -6.98.